The molecule has 1 atom stereocenters. The van der Waals surface area contributed by atoms with Gasteiger partial charge in [-0.2, -0.15) is 5.43 Å². The summed E-state index contributed by atoms with van der Waals surface area (Å²) in [6.45, 7) is 5.03. The first kappa shape index (κ1) is 13.3. The maximum Gasteiger partial charge on any atom is 0.199 e. The zero-order valence-corrected chi connectivity index (χ0v) is 10.9. The van der Waals surface area contributed by atoms with E-state index in [9.17, 15) is 0 Å². The quantitative estimate of drug-likeness (QED) is 0.606. The zero-order chi connectivity index (χ0) is 13.3. The topological polar surface area (TPSA) is 25.1 Å². The molecule has 0 saturated heterocycles. The maximum absolute atomic E-state index is 5.70. The molecule has 0 saturated carbocycles. The van der Waals surface area contributed by atoms with Crippen molar-refractivity contribution in [1.29, 1.82) is 0 Å². The smallest absolute Gasteiger partial charge is 0.199 e. The third-order valence-electron chi connectivity index (χ3n) is 2.72. The van der Waals surface area contributed by atoms with Crippen molar-refractivity contribution < 1.29 is 9.41 Å². The minimum absolute atomic E-state index is 0.0797. The summed E-state index contributed by atoms with van der Waals surface area (Å²) >= 11 is 0. The summed E-state index contributed by atoms with van der Waals surface area (Å²) in [4.78, 5) is 0. The fourth-order valence-corrected chi connectivity index (χ4v) is 1.71. The Morgan fingerprint density at radius 2 is 1.79 bits per heavy atom. The summed E-state index contributed by atoms with van der Waals surface area (Å²) in [5, 5.41) is 0. The fraction of sp³-hybridized carbons (Fsp3) is 0.188. The predicted molar refractivity (Wildman–Crippen MR) is 76.1 cm³/mol. The van der Waals surface area contributed by atoms with E-state index in [1.165, 1.54) is 5.56 Å². The molecule has 2 rings (SSSR count). The first-order valence-electron chi connectivity index (χ1n) is 6.35. The van der Waals surface area contributed by atoms with Crippen LogP contribution in [-0.4, -0.2) is 12.6 Å². The summed E-state index contributed by atoms with van der Waals surface area (Å²) in [6.07, 6.45) is 5.76. The Bertz CT molecular complexity index is 485. The Morgan fingerprint density at radius 3 is 2.47 bits per heavy atom. The Hall–Kier alpha value is -2.13. The van der Waals surface area contributed by atoms with Gasteiger partial charge in [-0.3, -0.25) is 0 Å². The second kappa shape index (κ2) is 7.34. The van der Waals surface area contributed by atoms with Crippen molar-refractivity contribution in [3.05, 3.63) is 79.1 Å². The number of hydrogen-bond acceptors (Lipinski definition) is 2. The lowest BCUT2D eigenvalue weighted by Crippen LogP contribution is -2.50. The Balaban J connectivity index is 1.78. The number of nitrogens with zero attached hydrogens (tertiary/aromatic N) is 1. The summed E-state index contributed by atoms with van der Waals surface area (Å²) in [5.41, 5.74) is 4.47. The van der Waals surface area contributed by atoms with Crippen molar-refractivity contribution in [3.8, 4) is 0 Å². The van der Waals surface area contributed by atoms with Crippen LogP contribution < -0.4 is 10.1 Å². The predicted octanol–water partition coefficient (Wildman–Crippen LogP) is 2.29. The fourth-order valence-electron chi connectivity index (χ4n) is 1.71. The van der Waals surface area contributed by atoms with Crippen molar-refractivity contribution in [2.24, 2.45) is 0 Å². The molecule has 19 heavy (non-hydrogen) atoms. The van der Waals surface area contributed by atoms with Crippen molar-refractivity contribution in [3.63, 3.8) is 0 Å². The second-order valence-corrected chi connectivity index (χ2v) is 4.25. The molecule has 0 aliphatic heterocycles. The number of benzene rings is 1. The van der Waals surface area contributed by atoms with E-state index in [-0.39, 0.29) is 6.04 Å². The summed E-state index contributed by atoms with van der Waals surface area (Å²) in [5.74, 6) is 0. The molecule has 0 fully saturated rings. The molecule has 0 bridgehead atoms. The van der Waals surface area contributed by atoms with Gasteiger partial charge in [0.15, 0.2) is 12.4 Å². The molecule has 1 aromatic heterocycles. The van der Waals surface area contributed by atoms with Crippen LogP contribution in [0, 0.1) is 0 Å². The van der Waals surface area contributed by atoms with Crippen LogP contribution in [-0.2, 0) is 11.3 Å². The van der Waals surface area contributed by atoms with E-state index in [1.54, 1.807) is 0 Å². The average Bonchev–Trinajstić information content (AvgIpc) is 2.48. The number of pyridine rings is 1. The highest BCUT2D eigenvalue weighted by molar-refractivity contribution is 5.13. The average molecular weight is 255 g/mol. The van der Waals surface area contributed by atoms with Gasteiger partial charge in [-0.25, -0.2) is 0 Å². The monoisotopic (exact) mass is 255 g/mol. The number of ether oxygens (including phenoxy) is 1. The van der Waals surface area contributed by atoms with Gasteiger partial charge in [-0.15, -0.1) is 6.58 Å². The third kappa shape index (κ3) is 4.56. The van der Waals surface area contributed by atoms with Gasteiger partial charge < -0.3 is 4.74 Å². The van der Waals surface area contributed by atoms with Gasteiger partial charge >= 0.3 is 0 Å². The molecule has 0 unspecified atom stereocenters. The second-order valence-electron chi connectivity index (χ2n) is 4.25. The van der Waals surface area contributed by atoms with Gasteiger partial charge in [0, 0.05) is 12.1 Å². The summed E-state index contributed by atoms with van der Waals surface area (Å²) in [6, 6.07) is 16.1. The van der Waals surface area contributed by atoms with Crippen molar-refractivity contribution in [2.45, 2.75) is 12.6 Å². The molecule has 1 N–H and O–H groups in total. The lowest BCUT2D eigenvalue weighted by Gasteiger charge is -2.11. The molecular weight excluding hydrogens is 236 g/mol. The standard InChI is InChI=1S/C16H19N2O/c1-2-16(17-18-11-7-4-8-12-18)14-19-13-15-9-5-3-6-10-15/h2-12,16-17H,1,13-14H2/q+1/t16-/m1/s1. The van der Waals surface area contributed by atoms with E-state index >= 15 is 0 Å². The molecule has 98 valence electrons. The SMILES string of the molecule is C=C[C@H](COCc1ccccc1)N[n+]1ccccc1. The number of nitrogens with one attached hydrogen (secondary N) is 1. The minimum Gasteiger partial charge on any atom is -0.374 e. The molecule has 1 heterocycles. The van der Waals surface area contributed by atoms with Crippen LogP contribution >= 0.6 is 0 Å². The van der Waals surface area contributed by atoms with Gasteiger partial charge in [-0.05, 0) is 5.56 Å². The molecule has 3 nitrogen and oxygen atoms in total. The molecule has 3 heteroatoms. The van der Waals surface area contributed by atoms with Crippen LogP contribution in [0.15, 0.2) is 73.6 Å². The van der Waals surface area contributed by atoms with Crippen LogP contribution in [0.3, 0.4) is 0 Å². The van der Waals surface area contributed by atoms with Crippen LogP contribution in [0.1, 0.15) is 5.56 Å². The normalized spacial score (nSPS) is 11.8. The van der Waals surface area contributed by atoms with Crippen molar-refractivity contribution >= 4 is 0 Å². The van der Waals surface area contributed by atoms with Gasteiger partial charge in [0.25, 0.3) is 0 Å². The summed E-state index contributed by atoms with van der Waals surface area (Å²) in [7, 11) is 0. The molecule has 2 aromatic rings. The highest BCUT2D eigenvalue weighted by atomic mass is 16.5. The van der Waals surface area contributed by atoms with Gasteiger partial charge in [0.2, 0.25) is 0 Å². The van der Waals surface area contributed by atoms with Gasteiger partial charge in [0.05, 0.1) is 13.2 Å². The molecule has 0 radical (unpaired) electrons. The van der Waals surface area contributed by atoms with E-state index in [0.29, 0.717) is 13.2 Å². The van der Waals surface area contributed by atoms with E-state index in [0.717, 1.165) is 0 Å². The van der Waals surface area contributed by atoms with Crippen molar-refractivity contribution in [1.82, 2.24) is 0 Å². The first-order chi connectivity index (χ1) is 9.38. The highest BCUT2D eigenvalue weighted by Gasteiger charge is 2.08. The van der Waals surface area contributed by atoms with Crippen molar-refractivity contribution in [2.75, 3.05) is 12.0 Å². The molecule has 1 aromatic carbocycles. The number of hydrogen-bond donors (Lipinski definition) is 1. The van der Waals surface area contributed by atoms with Gasteiger partial charge in [-0.1, -0.05) is 47.2 Å². The highest BCUT2D eigenvalue weighted by Crippen LogP contribution is 2.01. The molecule has 0 aliphatic carbocycles. The largest absolute Gasteiger partial charge is 0.374 e. The lowest BCUT2D eigenvalue weighted by atomic mass is 10.2. The van der Waals surface area contributed by atoms with E-state index < -0.39 is 0 Å². The Kier molecular flexibility index (Phi) is 5.14. The number of rotatable bonds is 7. The number of aromatic nitrogens is 1. The third-order valence-corrected chi connectivity index (χ3v) is 2.72. The van der Waals surface area contributed by atoms with Crippen LogP contribution in [0.5, 0.6) is 0 Å². The van der Waals surface area contributed by atoms with Crippen LogP contribution in [0.4, 0.5) is 0 Å². The van der Waals surface area contributed by atoms with Gasteiger partial charge in [0.1, 0.15) is 6.04 Å². The maximum atomic E-state index is 5.70. The summed E-state index contributed by atoms with van der Waals surface area (Å²) < 4.78 is 7.60. The molecule has 0 amide bonds. The van der Waals surface area contributed by atoms with E-state index in [4.69, 9.17) is 4.74 Å². The minimum atomic E-state index is 0.0797. The molecule has 0 spiro atoms. The Morgan fingerprint density at radius 1 is 1.11 bits per heavy atom. The van der Waals surface area contributed by atoms with Crippen LogP contribution in [0.2, 0.25) is 0 Å². The molecular formula is C16H19N2O+. The zero-order valence-electron chi connectivity index (χ0n) is 10.9. The Labute approximate surface area is 114 Å². The van der Waals surface area contributed by atoms with E-state index in [2.05, 4.69) is 24.1 Å². The first-order valence-corrected chi connectivity index (χ1v) is 6.35. The lowest BCUT2D eigenvalue weighted by molar-refractivity contribution is -0.652. The van der Waals surface area contributed by atoms with E-state index in [1.807, 2.05) is 59.5 Å². The van der Waals surface area contributed by atoms with Crippen LogP contribution in [0.25, 0.3) is 0 Å². The molecule has 0 aliphatic rings.